The van der Waals surface area contributed by atoms with Gasteiger partial charge in [0.05, 0.1) is 17.7 Å². The van der Waals surface area contributed by atoms with Gasteiger partial charge >= 0.3 is 0 Å². The number of amides is 1. The molecule has 0 saturated carbocycles. The molecule has 5 heteroatoms. The highest BCUT2D eigenvalue weighted by atomic mass is 16.5. The number of ether oxygens (including phenoxy) is 1. The molecule has 29 heavy (non-hydrogen) atoms. The van der Waals surface area contributed by atoms with E-state index in [4.69, 9.17) is 4.74 Å². The number of benzene rings is 2. The maximum atomic E-state index is 12.8. The molecule has 0 saturated heterocycles. The largest absolute Gasteiger partial charge is 0.490 e. The van der Waals surface area contributed by atoms with Crippen LogP contribution in [0.3, 0.4) is 0 Å². The second-order valence-corrected chi connectivity index (χ2v) is 7.84. The number of hydrogen-bond donors (Lipinski definition) is 1. The van der Waals surface area contributed by atoms with Crippen molar-refractivity contribution in [2.24, 2.45) is 0 Å². The average molecular weight is 389 g/mol. The third kappa shape index (κ3) is 4.49. The fourth-order valence-corrected chi connectivity index (χ4v) is 3.78. The molecule has 0 spiro atoms. The SMILES string of the molecule is C=C(C)C1c2cc(NC(=O)c3ccc(OC(C)C)c(C#N)c3)ccc2CCN1C. The smallest absolute Gasteiger partial charge is 0.255 e. The molecule has 1 atom stereocenters. The number of fused-ring (bicyclic) bond motifs is 1. The highest BCUT2D eigenvalue weighted by molar-refractivity contribution is 6.04. The van der Waals surface area contributed by atoms with Gasteiger partial charge in [-0.05, 0) is 75.7 Å². The molecule has 1 aliphatic rings. The van der Waals surface area contributed by atoms with Gasteiger partial charge in [0.15, 0.2) is 0 Å². The highest BCUT2D eigenvalue weighted by Crippen LogP contribution is 2.35. The van der Waals surface area contributed by atoms with Crippen LogP contribution in [0.4, 0.5) is 5.69 Å². The second-order valence-electron chi connectivity index (χ2n) is 7.84. The number of rotatable bonds is 5. The summed E-state index contributed by atoms with van der Waals surface area (Å²) in [5.41, 5.74) is 5.05. The maximum absolute atomic E-state index is 12.8. The summed E-state index contributed by atoms with van der Waals surface area (Å²) in [5.74, 6) is 0.230. The fourth-order valence-electron chi connectivity index (χ4n) is 3.78. The van der Waals surface area contributed by atoms with E-state index in [2.05, 4.69) is 36.0 Å². The fraction of sp³-hybridized carbons (Fsp3) is 0.333. The second kappa shape index (κ2) is 8.50. The summed E-state index contributed by atoms with van der Waals surface area (Å²) in [7, 11) is 2.09. The summed E-state index contributed by atoms with van der Waals surface area (Å²) in [6.07, 6.45) is 0.934. The average Bonchev–Trinajstić information content (AvgIpc) is 2.67. The first-order chi connectivity index (χ1) is 13.8. The Morgan fingerprint density at radius 3 is 2.72 bits per heavy atom. The molecule has 0 aromatic heterocycles. The van der Waals surface area contributed by atoms with Crippen LogP contribution in [0.2, 0.25) is 0 Å². The van der Waals surface area contributed by atoms with Crippen LogP contribution in [-0.2, 0) is 6.42 Å². The molecule has 0 radical (unpaired) electrons. The van der Waals surface area contributed by atoms with Crippen molar-refractivity contribution in [1.82, 2.24) is 4.90 Å². The summed E-state index contributed by atoms with van der Waals surface area (Å²) in [5, 5.41) is 12.3. The first-order valence-electron chi connectivity index (χ1n) is 9.80. The first-order valence-corrected chi connectivity index (χ1v) is 9.80. The Morgan fingerprint density at radius 1 is 1.31 bits per heavy atom. The topological polar surface area (TPSA) is 65.4 Å². The molecule has 3 rings (SSSR count). The van der Waals surface area contributed by atoms with Crippen LogP contribution >= 0.6 is 0 Å². The third-order valence-electron chi connectivity index (χ3n) is 5.06. The lowest BCUT2D eigenvalue weighted by Crippen LogP contribution is -2.32. The number of carbonyl (C=O) groups is 1. The van der Waals surface area contributed by atoms with Gasteiger partial charge in [0.2, 0.25) is 0 Å². The van der Waals surface area contributed by atoms with Crippen molar-refractivity contribution >= 4 is 11.6 Å². The van der Waals surface area contributed by atoms with Gasteiger partial charge in [-0.25, -0.2) is 0 Å². The van der Waals surface area contributed by atoms with Crippen molar-refractivity contribution in [3.8, 4) is 11.8 Å². The summed E-state index contributed by atoms with van der Waals surface area (Å²) in [6.45, 7) is 11.0. The van der Waals surface area contributed by atoms with Crippen molar-refractivity contribution < 1.29 is 9.53 Å². The molecule has 2 aromatic rings. The van der Waals surface area contributed by atoms with Crippen LogP contribution in [0, 0.1) is 11.3 Å². The van der Waals surface area contributed by atoms with Gasteiger partial charge in [-0.2, -0.15) is 5.26 Å². The van der Waals surface area contributed by atoms with Crippen LogP contribution in [0.5, 0.6) is 5.75 Å². The molecular formula is C24H27N3O2. The summed E-state index contributed by atoms with van der Waals surface area (Å²) < 4.78 is 5.63. The van der Waals surface area contributed by atoms with Gasteiger partial charge < -0.3 is 10.1 Å². The Labute approximate surface area is 172 Å². The monoisotopic (exact) mass is 389 g/mol. The number of nitriles is 1. The Morgan fingerprint density at radius 2 is 2.07 bits per heavy atom. The Hall–Kier alpha value is -3.10. The maximum Gasteiger partial charge on any atom is 0.255 e. The quantitative estimate of drug-likeness (QED) is 0.753. The lowest BCUT2D eigenvalue weighted by molar-refractivity contribution is 0.102. The van der Waals surface area contributed by atoms with Crippen LogP contribution in [0.15, 0.2) is 48.6 Å². The van der Waals surface area contributed by atoms with E-state index in [1.165, 1.54) is 11.1 Å². The van der Waals surface area contributed by atoms with E-state index in [1.807, 2.05) is 32.9 Å². The summed E-state index contributed by atoms with van der Waals surface area (Å²) in [6, 6.07) is 13.2. The molecule has 2 aromatic carbocycles. The molecular weight excluding hydrogens is 362 g/mol. The van der Waals surface area contributed by atoms with Crippen molar-refractivity contribution in [3.63, 3.8) is 0 Å². The van der Waals surface area contributed by atoms with Crippen LogP contribution < -0.4 is 10.1 Å². The predicted octanol–water partition coefficient (Wildman–Crippen LogP) is 4.70. The zero-order chi connectivity index (χ0) is 21.1. The summed E-state index contributed by atoms with van der Waals surface area (Å²) >= 11 is 0. The molecule has 0 fully saturated rings. The van der Waals surface area contributed by atoms with Gasteiger partial charge in [0.1, 0.15) is 11.8 Å². The normalized spacial score (nSPS) is 16.1. The number of likely N-dealkylation sites (N-methyl/N-ethyl adjacent to an activating group) is 1. The lowest BCUT2D eigenvalue weighted by Gasteiger charge is -2.35. The van der Waals surface area contributed by atoms with Gasteiger partial charge in [-0.1, -0.05) is 18.2 Å². The van der Waals surface area contributed by atoms with Crippen molar-refractivity contribution in [1.29, 1.82) is 5.26 Å². The van der Waals surface area contributed by atoms with Gasteiger partial charge in [0.25, 0.3) is 5.91 Å². The molecule has 1 aliphatic heterocycles. The lowest BCUT2D eigenvalue weighted by atomic mass is 9.89. The van der Waals surface area contributed by atoms with E-state index in [0.29, 0.717) is 16.9 Å². The molecule has 0 aliphatic carbocycles. The van der Waals surface area contributed by atoms with Crippen molar-refractivity contribution in [3.05, 3.63) is 70.8 Å². The van der Waals surface area contributed by atoms with Gasteiger partial charge in [-0.15, -0.1) is 0 Å². The van der Waals surface area contributed by atoms with E-state index in [1.54, 1.807) is 18.2 Å². The molecule has 150 valence electrons. The van der Waals surface area contributed by atoms with Crippen LogP contribution in [0.1, 0.15) is 53.9 Å². The van der Waals surface area contributed by atoms with Gasteiger partial charge in [-0.3, -0.25) is 9.69 Å². The van der Waals surface area contributed by atoms with E-state index in [-0.39, 0.29) is 18.1 Å². The molecule has 1 heterocycles. The highest BCUT2D eigenvalue weighted by Gasteiger charge is 2.25. The Balaban J connectivity index is 1.85. The molecule has 1 amide bonds. The van der Waals surface area contributed by atoms with Crippen LogP contribution in [-0.4, -0.2) is 30.5 Å². The van der Waals surface area contributed by atoms with E-state index in [0.717, 1.165) is 24.2 Å². The van der Waals surface area contributed by atoms with E-state index >= 15 is 0 Å². The van der Waals surface area contributed by atoms with Gasteiger partial charge in [0, 0.05) is 17.8 Å². The molecule has 1 unspecified atom stereocenters. The van der Waals surface area contributed by atoms with Crippen molar-refractivity contribution in [2.45, 2.75) is 39.3 Å². The number of nitrogens with zero attached hydrogens (tertiary/aromatic N) is 2. The minimum Gasteiger partial charge on any atom is -0.490 e. The minimum atomic E-state index is -0.256. The van der Waals surface area contributed by atoms with E-state index in [9.17, 15) is 10.1 Å². The third-order valence-corrected chi connectivity index (χ3v) is 5.06. The number of hydrogen-bond acceptors (Lipinski definition) is 4. The molecule has 1 N–H and O–H groups in total. The van der Waals surface area contributed by atoms with Crippen molar-refractivity contribution in [2.75, 3.05) is 18.9 Å². The van der Waals surface area contributed by atoms with E-state index < -0.39 is 0 Å². The minimum absolute atomic E-state index is 0.0448. The predicted molar refractivity (Wildman–Crippen MR) is 115 cm³/mol. The number of nitrogens with one attached hydrogen (secondary N) is 1. The number of anilines is 1. The zero-order valence-corrected chi connectivity index (χ0v) is 17.5. The van der Waals surface area contributed by atoms with Crippen LogP contribution in [0.25, 0.3) is 0 Å². The Bertz CT molecular complexity index is 988. The molecule has 5 nitrogen and oxygen atoms in total. The number of carbonyl (C=O) groups excluding carboxylic acids is 1. The Kier molecular flexibility index (Phi) is 6.05. The standard InChI is InChI=1S/C24H27N3O2/c1-15(2)23-21-13-20(8-6-17(21)10-11-27(23)5)26-24(28)18-7-9-22(29-16(3)4)19(12-18)14-25/h6-9,12-13,16,23H,1,10-11H2,2-5H3,(H,26,28). The zero-order valence-electron chi connectivity index (χ0n) is 17.5. The first kappa shape index (κ1) is 20.6. The summed E-state index contributed by atoms with van der Waals surface area (Å²) in [4.78, 5) is 15.1. The molecule has 0 bridgehead atoms.